The zero-order valence-electron chi connectivity index (χ0n) is 6.50. The van der Waals surface area contributed by atoms with Gasteiger partial charge in [-0.15, -0.1) is 0 Å². The molecule has 10 heavy (non-hydrogen) atoms. The Labute approximate surface area is 61.8 Å². The van der Waals surface area contributed by atoms with E-state index in [1.54, 1.807) is 11.9 Å². The normalized spacial score (nSPS) is 9.80. The second kappa shape index (κ2) is 4.79. The maximum absolute atomic E-state index is 10.8. The molecule has 0 rings (SSSR count). The van der Waals surface area contributed by atoms with E-state index in [1.807, 2.05) is 19.1 Å². The molecule has 0 N–H and O–H groups in total. The Kier molecular flexibility index (Phi) is 4.29. The summed E-state index contributed by atoms with van der Waals surface area (Å²) in [6.45, 7) is 5.95. The third-order valence-electron chi connectivity index (χ3n) is 1.17. The highest BCUT2D eigenvalue weighted by molar-refractivity contribution is 5.86. The van der Waals surface area contributed by atoms with Crippen LogP contribution in [0.4, 0.5) is 0 Å². The molecule has 1 amide bonds. The molecule has 0 bridgehead atoms. The minimum absolute atomic E-state index is 0.0434. The van der Waals surface area contributed by atoms with Crippen molar-refractivity contribution >= 4 is 5.91 Å². The molecular formula is C8H13NO. The van der Waals surface area contributed by atoms with Gasteiger partial charge in [-0.1, -0.05) is 18.7 Å². The van der Waals surface area contributed by atoms with E-state index in [1.165, 1.54) is 6.08 Å². The van der Waals surface area contributed by atoms with Crippen molar-refractivity contribution in [1.82, 2.24) is 4.90 Å². The lowest BCUT2D eigenvalue weighted by atomic mass is 10.4. The number of hydrogen-bond acceptors (Lipinski definition) is 1. The van der Waals surface area contributed by atoms with Crippen LogP contribution in [0.25, 0.3) is 0 Å². The van der Waals surface area contributed by atoms with Crippen LogP contribution in [-0.2, 0) is 4.79 Å². The van der Waals surface area contributed by atoms with Crippen LogP contribution in [0.1, 0.15) is 6.92 Å². The lowest BCUT2D eigenvalue weighted by Crippen LogP contribution is -2.24. The molecule has 0 aliphatic heterocycles. The Bertz CT molecular complexity index is 149. The predicted octanol–water partition coefficient (Wildman–Crippen LogP) is 1.21. The van der Waals surface area contributed by atoms with Gasteiger partial charge in [0.2, 0.25) is 5.91 Å². The smallest absolute Gasteiger partial charge is 0.245 e. The van der Waals surface area contributed by atoms with Gasteiger partial charge >= 0.3 is 0 Å². The molecule has 0 saturated carbocycles. The van der Waals surface area contributed by atoms with Gasteiger partial charge in [0.05, 0.1) is 0 Å². The number of rotatable bonds is 3. The SMILES string of the molecule is C=CC(=O)N(C)C/C=C\C. The van der Waals surface area contributed by atoms with Crippen LogP contribution in [0.3, 0.4) is 0 Å². The Hall–Kier alpha value is -1.05. The van der Waals surface area contributed by atoms with Crippen molar-refractivity contribution in [3.8, 4) is 0 Å². The number of likely N-dealkylation sites (N-methyl/N-ethyl adjacent to an activating group) is 1. The van der Waals surface area contributed by atoms with Crippen molar-refractivity contribution in [1.29, 1.82) is 0 Å². The number of hydrogen-bond donors (Lipinski definition) is 0. The summed E-state index contributed by atoms with van der Waals surface area (Å²) in [5.74, 6) is -0.0434. The fraction of sp³-hybridized carbons (Fsp3) is 0.375. The zero-order valence-corrected chi connectivity index (χ0v) is 6.50. The quantitative estimate of drug-likeness (QED) is 0.425. The van der Waals surface area contributed by atoms with E-state index < -0.39 is 0 Å². The molecule has 0 spiro atoms. The lowest BCUT2D eigenvalue weighted by Gasteiger charge is -2.10. The first kappa shape index (κ1) is 8.95. The third-order valence-corrected chi connectivity index (χ3v) is 1.17. The summed E-state index contributed by atoms with van der Waals surface area (Å²) in [5.41, 5.74) is 0. The molecule has 2 heteroatoms. The molecule has 0 aromatic heterocycles. The van der Waals surface area contributed by atoms with Crippen molar-refractivity contribution in [2.45, 2.75) is 6.92 Å². The number of carbonyl (C=O) groups excluding carboxylic acids is 1. The lowest BCUT2D eigenvalue weighted by molar-refractivity contribution is -0.124. The Morgan fingerprint density at radius 3 is 2.70 bits per heavy atom. The number of allylic oxidation sites excluding steroid dienone is 1. The monoisotopic (exact) mass is 139 g/mol. The summed E-state index contributed by atoms with van der Waals surface area (Å²) in [6.07, 6.45) is 5.14. The summed E-state index contributed by atoms with van der Waals surface area (Å²) >= 11 is 0. The molecule has 0 unspecified atom stereocenters. The average molecular weight is 139 g/mol. The topological polar surface area (TPSA) is 20.3 Å². The number of amides is 1. The zero-order chi connectivity index (χ0) is 7.98. The Morgan fingerprint density at radius 2 is 2.30 bits per heavy atom. The van der Waals surface area contributed by atoms with Gasteiger partial charge < -0.3 is 4.90 Å². The molecule has 56 valence electrons. The van der Waals surface area contributed by atoms with Crippen molar-refractivity contribution in [2.75, 3.05) is 13.6 Å². The highest BCUT2D eigenvalue weighted by atomic mass is 16.2. The van der Waals surface area contributed by atoms with Gasteiger partial charge in [0.25, 0.3) is 0 Å². The molecule has 0 radical (unpaired) electrons. The van der Waals surface area contributed by atoms with Gasteiger partial charge in [0, 0.05) is 13.6 Å². The second-order valence-corrected chi connectivity index (χ2v) is 1.99. The Balaban J connectivity index is 3.72. The molecule has 0 aromatic carbocycles. The molecular weight excluding hydrogens is 126 g/mol. The van der Waals surface area contributed by atoms with Crippen LogP contribution < -0.4 is 0 Å². The van der Waals surface area contributed by atoms with Crippen molar-refractivity contribution in [2.24, 2.45) is 0 Å². The summed E-state index contributed by atoms with van der Waals surface area (Å²) in [4.78, 5) is 12.4. The highest BCUT2D eigenvalue weighted by Crippen LogP contribution is 1.85. The van der Waals surface area contributed by atoms with Crippen LogP contribution in [0.2, 0.25) is 0 Å². The van der Waals surface area contributed by atoms with E-state index in [2.05, 4.69) is 6.58 Å². The van der Waals surface area contributed by atoms with Crippen LogP contribution in [0.15, 0.2) is 24.8 Å². The van der Waals surface area contributed by atoms with Gasteiger partial charge in [-0.25, -0.2) is 0 Å². The molecule has 2 nitrogen and oxygen atoms in total. The summed E-state index contributed by atoms with van der Waals surface area (Å²) in [5, 5.41) is 0. The van der Waals surface area contributed by atoms with E-state index in [-0.39, 0.29) is 5.91 Å². The maximum atomic E-state index is 10.8. The van der Waals surface area contributed by atoms with Crippen molar-refractivity contribution in [3.63, 3.8) is 0 Å². The van der Waals surface area contributed by atoms with E-state index in [0.29, 0.717) is 6.54 Å². The molecule has 0 saturated heterocycles. The predicted molar refractivity (Wildman–Crippen MR) is 42.6 cm³/mol. The first-order chi connectivity index (χ1) is 4.72. The first-order valence-corrected chi connectivity index (χ1v) is 3.21. The molecule has 0 aliphatic rings. The van der Waals surface area contributed by atoms with Gasteiger partial charge in [-0.3, -0.25) is 4.79 Å². The fourth-order valence-electron chi connectivity index (χ4n) is 0.509. The first-order valence-electron chi connectivity index (χ1n) is 3.21. The summed E-state index contributed by atoms with van der Waals surface area (Å²) in [6, 6.07) is 0. The largest absolute Gasteiger partial charge is 0.339 e. The van der Waals surface area contributed by atoms with Crippen molar-refractivity contribution < 1.29 is 4.79 Å². The molecule has 0 fully saturated rings. The van der Waals surface area contributed by atoms with E-state index in [4.69, 9.17) is 0 Å². The van der Waals surface area contributed by atoms with Gasteiger partial charge in [0.1, 0.15) is 0 Å². The van der Waals surface area contributed by atoms with Gasteiger partial charge in [-0.05, 0) is 13.0 Å². The summed E-state index contributed by atoms with van der Waals surface area (Å²) in [7, 11) is 1.74. The Morgan fingerprint density at radius 1 is 1.70 bits per heavy atom. The molecule has 0 atom stereocenters. The molecule has 0 aromatic rings. The minimum atomic E-state index is -0.0434. The van der Waals surface area contributed by atoms with Crippen LogP contribution in [0, 0.1) is 0 Å². The van der Waals surface area contributed by atoms with Crippen LogP contribution in [0.5, 0.6) is 0 Å². The van der Waals surface area contributed by atoms with Gasteiger partial charge in [-0.2, -0.15) is 0 Å². The van der Waals surface area contributed by atoms with Crippen LogP contribution >= 0.6 is 0 Å². The standard InChI is InChI=1S/C8H13NO/c1-4-6-7-9(3)8(10)5-2/h4-6H,2,7H2,1,3H3/b6-4-. The van der Waals surface area contributed by atoms with E-state index in [0.717, 1.165) is 0 Å². The fourth-order valence-corrected chi connectivity index (χ4v) is 0.509. The van der Waals surface area contributed by atoms with Crippen LogP contribution in [-0.4, -0.2) is 24.4 Å². The molecule has 0 heterocycles. The highest BCUT2D eigenvalue weighted by Gasteiger charge is 1.98. The van der Waals surface area contributed by atoms with E-state index >= 15 is 0 Å². The van der Waals surface area contributed by atoms with E-state index in [9.17, 15) is 4.79 Å². The average Bonchev–Trinajstić information content (AvgIpc) is 1.98. The summed E-state index contributed by atoms with van der Waals surface area (Å²) < 4.78 is 0. The number of nitrogens with zero attached hydrogens (tertiary/aromatic N) is 1. The minimum Gasteiger partial charge on any atom is -0.339 e. The second-order valence-electron chi connectivity index (χ2n) is 1.99. The number of carbonyl (C=O) groups is 1. The van der Waals surface area contributed by atoms with Crippen molar-refractivity contribution in [3.05, 3.63) is 24.8 Å². The maximum Gasteiger partial charge on any atom is 0.245 e. The molecule has 0 aliphatic carbocycles. The third kappa shape index (κ3) is 3.07. The van der Waals surface area contributed by atoms with Gasteiger partial charge in [0.15, 0.2) is 0 Å².